The van der Waals surface area contributed by atoms with Crippen molar-refractivity contribution in [3.05, 3.63) is 95.2 Å². The minimum Gasteiger partial charge on any atom is -0.358 e. The van der Waals surface area contributed by atoms with Crippen molar-refractivity contribution in [2.45, 2.75) is 56.9 Å². The van der Waals surface area contributed by atoms with Gasteiger partial charge in [-0.3, -0.25) is 9.59 Å². The summed E-state index contributed by atoms with van der Waals surface area (Å²) in [7, 11) is 0. The Morgan fingerprint density at radius 1 is 0.872 bits per heavy atom. The van der Waals surface area contributed by atoms with Gasteiger partial charge in [0.25, 0.3) is 5.91 Å². The average Bonchev–Trinajstić information content (AvgIpc) is 2.95. The number of amides is 2. The summed E-state index contributed by atoms with van der Waals surface area (Å²) in [4.78, 5) is 26.4. The molecular weight excluding hydrogens is 486 g/mol. The molecule has 2 aromatic rings. The maximum Gasteiger partial charge on any atom is 0.252 e. The monoisotopic (exact) mass is 519 g/mol. The minimum atomic E-state index is -0.986. The van der Waals surface area contributed by atoms with Crippen molar-refractivity contribution in [1.29, 1.82) is 10.7 Å². The molecule has 0 saturated heterocycles. The molecule has 2 aromatic carbocycles. The van der Waals surface area contributed by atoms with Gasteiger partial charge in [-0.1, -0.05) is 43.5 Å². The predicted octanol–water partition coefficient (Wildman–Crippen LogP) is 6.00. The summed E-state index contributed by atoms with van der Waals surface area (Å²) in [5.74, 6) is -0.290. The number of hydrogen-bond acceptors (Lipinski definition) is 5. The molecule has 3 aliphatic carbocycles. The third-order valence-electron chi connectivity index (χ3n) is 7.90. The molecule has 0 spiro atoms. The van der Waals surface area contributed by atoms with E-state index in [4.69, 9.17) is 10.7 Å². The van der Waals surface area contributed by atoms with Crippen LogP contribution in [0, 0.1) is 22.7 Å². The highest BCUT2D eigenvalue weighted by Crippen LogP contribution is 2.35. The number of allylic oxidation sites excluding steroid dienone is 4. The van der Waals surface area contributed by atoms with Gasteiger partial charge in [0.15, 0.2) is 0 Å². The quantitative estimate of drug-likeness (QED) is 0.359. The van der Waals surface area contributed by atoms with Crippen LogP contribution in [0.5, 0.6) is 0 Å². The summed E-state index contributed by atoms with van der Waals surface area (Å²) in [6.07, 6.45) is 12.9. The fourth-order valence-corrected chi connectivity index (χ4v) is 5.49. The molecule has 0 bridgehead atoms. The predicted molar refractivity (Wildman–Crippen MR) is 153 cm³/mol. The van der Waals surface area contributed by atoms with Crippen LogP contribution in [0.4, 0.5) is 11.4 Å². The highest BCUT2D eigenvalue weighted by atomic mass is 16.2. The SMILES string of the molecule is N#Cc1ccc(NC(=O)C2(NC(=O)C3=CC(=N)/C(=C(\Nc4ccccc4)C4CCCCC4)C=C3)CCC2)cc1. The fraction of sp³-hybridized carbons (Fsp3) is 0.312. The van der Waals surface area contributed by atoms with Gasteiger partial charge in [-0.15, -0.1) is 0 Å². The van der Waals surface area contributed by atoms with Gasteiger partial charge in [0, 0.05) is 28.2 Å². The molecular formula is C32H33N5O2. The molecule has 2 saturated carbocycles. The van der Waals surface area contributed by atoms with Crippen LogP contribution in [-0.2, 0) is 9.59 Å². The van der Waals surface area contributed by atoms with Gasteiger partial charge < -0.3 is 21.4 Å². The largest absolute Gasteiger partial charge is 0.358 e. The Bertz CT molecular complexity index is 1390. The maximum absolute atomic E-state index is 13.3. The Morgan fingerprint density at radius 2 is 1.56 bits per heavy atom. The van der Waals surface area contributed by atoms with E-state index in [1.165, 1.54) is 19.3 Å². The first-order valence-corrected chi connectivity index (χ1v) is 13.7. The lowest BCUT2D eigenvalue weighted by molar-refractivity contribution is -0.131. The van der Waals surface area contributed by atoms with E-state index in [9.17, 15) is 9.59 Å². The van der Waals surface area contributed by atoms with Gasteiger partial charge in [0.05, 0.1) is 17.3 Å². The molecule has 2 amide bonds. The van der Waals surface area contributed by atoms with Crippen LogP contribution in [0.2, 0.25) is 0 Å². The van der Waals surface area contributed by atoms with E-state index in [2.05, 4.69) is 22.0 Å². The van der Waals surface area contributed by atoms with E-state index in [0.717, 1.165) is 36.2 Å². The van der Waals surface area contributed by atoms with E-state index in [1.54, 1.807) is 36.4 Å². The lowest BCUT2D eigenvalue weighted by atomic mass is 9.75. The summed E-state index contributed by atoms with van der Waals surface area (Å²) >= 11 is 0. The number of nitrogens with one attached hydrogen (secondary N) is 4. The second-order valence-corrected chi connectivity index (χ2v) is 10.5. The fourth-order valence-electron chi connectivity index (χ4n) is 5.49. The van der Waals surface area contributed by atoms with Gasteiger partial charge in [-0.25, -0.2) is 0 Å². The number of carbonyl (C=O) groups is 2. The van der Waals surface area contributed by atoms with Crippen molar-refractivity contribution in [3.8, 4) is 6.07 Å². The first kappa shape index (κ1) is 26.2. The van der Waals surface area contributed by atoms with Crippen LogP contribution >= 0.6 is 0 Å². The first-order chi connectivity index (χ1) is 19.0. The summed E-state index contributed by atoms with van der Waals surface area (Å²) in [5.41, 5.74) is 3.58. The smallest absolute Gasteiger partial charge is 0.252 e. The Balaban J connectivity index is 1.32. The van der Waals surface area contributed by atoms with Crippen LogP contribution in [-0.4, -0.2) is 23.1 Å². The molecule has 4 N–H and O–H groups in total. The topological polar surface area (TPSA) is 118 Å². The molecule has 5 rings (SSSR count). The van der Waals surface area contributed by atoms with E-state index in [-0.39, 0.29) is 17.5 Å². The van der Waals surface area contributed by atoms with Crippen LogP contribution in [0.1, 0.15) is 56.9 Å². The zero-order valence-electron chi connectivity index (χ0n) is 21.9. The Labute approximate surface area is 229 Å². The molecule has 3 aliphatic rings. The van der Waals surface area contributed by atoms with Gasteiger partial charge in [-0.05, 0) is 86.6 Å². The van der Waals surface area contributed by atoms with Crippen molar-refractivity contribution >= 4 is 28.9 Å². The summed E-state index contributed by atoms with van der Waals surface area (Å²) in [6, 6.07) is 18.7. The molecule has 0 unspecified atom stereocenters. The van der Waals surface area contributed by atoms with Crippen LogP contribution < -0.4 is 16.0 Å². The number of nitriles is 1. The Kier molecular flexibility index (Phi) is 7.74. The summed E-state index contributed by atoms with van der Waals surface area (Å²) < 4.78 is 0. The molecule has 198 valence electrons. The summed E-state index contributed by atoms with van der Waals surface area (Å²) in [6.45, 7) is 0. The lowest BCUT2D eigenvalue weighted by Gasteiger charge is -2.41. The van der Waals surface area contributed by atoms with E-state index in [1.807, 2.05) is 36.4 Å². The third-order valence-corrected chi connectivity index (χ3v) is 7.90. The molecule has 39 heavy (non-hydrogen) atoms. The van der Waals surface area contributed by atoms with Gasteiger partial charge in [0.2, 0.25) is 5.91 Å². The lowest BCUT2D eigenvalue weighted by Crippen LogP contribution is -2.61. The van der Waals surface area contributed by atoms with Crippen molar-refractivity contribution in [2.24, 2.45) is 5.92 Å². The number of rotatable bonds is 7. The number of anilines is 2. The van der Waals surface area contributed by atoms with Gasteiger partial charge in [0.1, 0.15) is 5.54 Å². The Hall–Kier alpha value is -4.44. The zero-order valence-corrected chi connectivity index (χ0v) is 21.9. The zero-order chi connectivity index (χ0) is 27.2. The number of hydrogen-bond donors (Lipinski definition) is 4. The number of para-hydroxylation sites is 1. The number of nitrogens with zero attached hydrogens (tertiary/aromatic N) is 1. The normalized spacial score (nSPS) is 19.7. The van der Waals surface area contributed by atoms with E-state index in [0.29, 0.717) is 35.6 Å². The number of carbonyl (C=O) groups excluding carboxylic acids is 2. The molecule has 0 radical (unpaired) electrons. The van der Waals surface area contributed by atoms with Gasteiger partial charge >= 0.3 is 0 Å². The van der Waals surface area contributed by atoms with Crippen LogP contribution in [0.25, 0.3) is 0 Å². The van der Waals surface area contributed by atoms with Crippen LogP contribution in [0.15, 0.2) is 89.7 Å². The van der Waals surface area contributed by atoms with Crippen molar-refractivity contribution in [3.63, 3.8) is 0 Å². The van der Waals surface area contributed by atoms with E-state index >= 15 is 0 Å². The first-order valence-electron chi connectivity index (χ1n) is 13.7. The molecule has 2 fully saturated rings. The molecule has 0 atom stereocenters. The standard InChI is InChI=1S/C32H33N5O2/c33-21-22-12-15-26(16-13-22)36-31(39)32(18-7-19-32)37-30(38)24-14-17-27(28(34)20-24)29(23-8-3-1-4-9-23)35-25-10-5-2-6-11-25/h2,5-6,10-17,20,23,34-35H,1,3-4,7-9,18-19H2,(H,36,39)(H,37,38)/b29-27-,34-28?. The van der Waals surface area contributed by atoms with Crippen molar-refractivity contribution < 1.29 is 9.59 Å². The molecule has 0 aliphatic heterocycles. The van der Waals surface area contributed by atoms with Crippen molar-refractivity contribution in [2.75, 3.05) is 10.6 Å². The minimum absolute atomic E-state index is 0.269. The maximum atomic E-state index is 13.3. The number of benzene rings is 2. The highest BCUT2D eigenvalue weighted by Gasteiger charge is 2.45. The molecule has 0 heterocycles. The van der Waals surface area contributed by atoms with Crippen molar-refractivity contribution in [1.82, 2.24) is 5.32 Å². The average molecular weight is 520 g/mol. The highest BCUT2D eigenvalue weighted by molar-refractivity contribution is 6.16. The van der Waals surface area contributed by atoms with Crippen LogP contribution in [0.3, 0.4) is 0 Å². The summed E-state index contributed by atoms with van der Waals surface area (Å²) in [5, 5.41) is 27.2. The molecule has 7 heteroatoms. The second-order valence-electron chi connectivity index (χ2n) is 10.5. The van der Waals surface area contributed by atoms with Gasteiger partial charge in [-0.2, -0.15) is 5.26 Å². The Morgan fingerprint density at radius 3 is 2.18 bits per heavy atom. The third kappa shape index (κ3) is 5.85. The second kappa shape index (κ2) is 11.5. The molecule has 7 nitrogen and oxygen atoms in total. The molecule has 0 aromatic heterocycles. The van der Waals surface area contributed by atoms with E-state index < -0.39 is 5.54 Å².